The van der Waals surface area contributed by atoms with Crippen LogP contribution in [-0.2, 0) is 16.0 Å². The van der Waals surface area contributed by atoms with Crippen LogP contribution in [0.25, 0.3) is 0 Å². The molecule has 1 fully saturated rings. The van der Waals surface area contributed by atoms with Gasteiger partial charge in [0, 0.05) is 30.8 Å². The van der Waals surface area contributed by atoms with E-state index in [1.165, 1.54) is 0 Å². The lowest BCUT2D eigenvalue weighted by molar-refractivity contribution is -0.133. The van der Waals surface area contributed by atoms with Crippen molar-refractivity contribution in [3.8, 4) is 11.5 Å². The minimum absolute atomic E-state index is 0.00416. The lowest BCUT2D eigenvalue weighted by atomic mass is 9.95. The summed E-state index contributed by atoms with van der Waals surface area (Å²) < 4.78 is 10.3. The molecule has 0 radical (unpaired) electrons. The zero-order valence-electron chi connectivity index (χ0n) is 16.3. The van der Waals surface area contributed by atoms with Crippen molar-refractivity contribution in [1.82, 2.24) is 4.90 Å². The van der Waals surface area contributed by atoms with Crippen molar-refractivity contribution < 1.29 is 19.1 Å². The second-order valence-electron chi connectivity index (χ2n) is 6.90. The quantitative estimate of drug-likeness (QED) is 0.834. The summed E-state index contributed by atoms with van der Waals surface area (Å²) in [5.74, 6) is 1.49. The molecule has 1 aliphatic heterocycles. The van der Waals surface area contributed by atoms with Crippen LogP contribution < -0.4 is 14.8 Å². The number of likely N-dealkylation sites (tertiary alicyclic amines) is 1. The Balaban J connectivity index is 1.48. The molecule has 6 heteroatoms. The number of rotatable bonds is 6. The van der Waals surface area contributed by atoms with E-state index in [1.54, 1.807) is 20.3 Å². The number of nitrogens with one attached hydrogen (secondary N) is 1. The predicted molar refractivity (Wildman–Crippen MR) is 108 cm³/mol. The van der Waals surface area contributed by atoms with Crippen molar-refractivity contribution in [2.24, 2.45) is 5.92 Å². The van der Waals surface area contributed by atoms with Gasteiger partial charge in [-0.1, -0.05) is 18.2 Å². The maximum atomic E-state index is 12.5. The number of ether oxygens (including phenoxy) is 2. The monoisotopic (exact) mass is 382 g/mol. The maximum Gasteiger partial charge on any atom is 0.227 e. The van der Waals surface area contributed by atoms with E-state index in [-0.39, 0.29) is 17.7 Å². The van der Waals surface area contributed by atoms with E-state index in [2.05, 4.69) is 5.32 Å². The number of hydrogen-bond acceptors (Lipinski definition) is 4. The van der Waals surface area contributed by atoms with Crippen molar-refractivity contribution in [3.05, 3.63) is 54.1 Å². The lowest BCUT2D eigenvalue weighted by Gasteiger charge is -2.31. The number of nitrogens with zero attached hydrogens (tertiary/aromatic N) is 1. The van der Waals surface area contributed by atoms with Gasteiger partial charge in [0.25, 0.3) is 0 Å². The zero-order valence-corrected chi connectivity index (χ0v) is 16.3. The average molecular weight is 382 g/mol. The molecule has 28 heavy (non-hydrogen) atoms. The first-order valence-electron chi connectivity index (χ1n) is 9.44. The molecule has 1 N–H and O–H groups in total. The Bertz CT molecular complexity index is 812. The van der Waals surface area contributed by atoms with E-state index in [0.717, 1.165) is 17.0 Å². The highest BCUT2D eigenvalue weighted by atomic mass is 16.5. The smallest absolute Gasteiger partial charge is 0.227 e. The molecule has 2 aromatic carbocycles. The molecule has 1 heterocycles. The molecule has 3 rings (SSSR count). The van der Waals surface area contributed by atoms with Crippen LogP contribution in [-0.4, -0.2) is 44.0 Å². The molecule has 148 valence electrons. The molecule has 0 atom stereocenters. The first kappa shape index (κ1) is 19.7. The first-order valence-corrected chi connectivity index (χ1v) is 9.44. The maximum absolute atomic E-state index is 12.5. The summed E-state index contributed by atoms with van der Waals surface area (Å²) in [6, 6.07) is 14.8. The normalized spacial score (nSPS) is 14.4. The molecule has 2 aromatic rings. The third kappa shape index (κ3) is 5.03. The van der Waals surface area contributed by atoms with Crippen molar-refractivity contribution >= 4 is 17.5 Å². The summed E-state index contributed by atoms with van der Waals surface area (Å²) in [4.78, 5) is 26.9. The van der Waals surface area contributed by atoms with E-state index in [0.29, 0.717) is 38.1 Å². The summed E-state index contributed by atoms with van der Waals surface area (Å²) in [7, 11) is 3.22. The number of piperidine rings is 1. The Hall–Kier alpha value is -3.02. The Kier molecular flexibility index (Phi) is 6.53. The van der Waals surface area contributed by atoms with Crippen molar-refractivity contribution in [1.29, 1.82) is 0 Å². The summed E-state index contributed by atoms with van der Waals surface area (Å²) in [6.45, 7) is 1.20. The third-order valence-corrected chi connectivity index (χ3v) is 5.07. The van der Waals surface area contributed by atoms with Crippen LogP contribution in [0.5, 0.6) is 11.5 Å². The van der Waals surface area contributed by atoms with Gasteiger partial charge < -0.3 is 19.7 Å². The SMILES string of the molecule is COc1ccc(CC(=O)N2CCC(C(=O)Nc3cccc(OC)c3)CC2)cc1. The number of carbonyl (C=O) groups excluding carboxylic acids is 2. The summed E-state index contributed by atoms with van der Waals surface area (Å²) in [5, 5.41) is 2.95. The molecule has 0 aromatic heterocycles. The van der Waals surface area contributed by atoms with Gasteiger partial charge in [-0.15, -0.1) is 0 Å². The predicted octanol–water partition coefficient (Wildman–Crippen LogP) is 3.12. The zero-order chi connectivity index (χ0) is 19.9. The lowest BCUT2D eigenvalue weighted by Crippen LogP contribution is -2.42. The van der Waals surface area contributed by atoms with Gasteiger partial charge in [-0.3, -0.25) is 9.59 Å². The van der Waals surface area contributed by atoms with E-state index in [4.69, 9.17) is 9.47 Å². The molecule has 2 amide bonds. The Morgan fingerprint density at radius 3 is 2.32 bits per heavy atom. The first-order chi connectivity index (χ1) is 13.6. The number of anilines is 1. The van der Waals surface area contributed by atoms with Crippen LogP contribution in [0, 0.1) is 5.92 Å². The van der Waals surface area contributed by atoms with Gasteiger partial charge in [0.15, 0.2) is 0 Å². The molecule has 6 nitrogen and oxygen atoms in total. The van der Waals surface area contributed by atoms with Crippen LogP contribution in [0.2, 0.25) is 0 Å². The fourth-order valence-corrected chi connectivity index (χ4v) is 3.37. The highest BCUT2D eigenvalue weighted by Crippen LogP contribution is 2.22. The van der Waals surface area contributed by atoms with Crippen molar-refractivity contribution in [2.45, 2.75) is 19.3 Å². The molecule has 0 unspecified atom stereocenters. The van der Waals surface area contributed by atoms with Gasteiger partial charge in [0.1, 0.15) is 11.5 Å². The second-order valence-corrected chi connectivity index (χ2v) is 6.90. The second kappa shape index (κ2) is 9.26. The standard InChI is InChI=1S/C22H26N2O4/c1-27-19-8-6-16(7-9-19)14-21(25)24-12-10-17(11-13-24)22(26)23-18-4-3-5-20(15-18)28-2/h3-9,15,17H,10-14H2,1-2H3,(H,23,26). The fraction of sp³-hybridized carbons (Fsp3) is 0.364. The molecule has 1 saturated heterocycles. The van der Waals surface area contributed by atoms with Crippen LogP contribution in [0.4, 0.5) is 5.69 Å². The van der Waals surface area contributed by atoms with E-state index >= 15 is 0 Å². The minimum Gasteiger partial charge on any atom is -0.497 e. The van der Waals surface area contributed by atoms with Gasteiger partial charge in [0.2, 0.25) is 11.8 Å². The average Bonchev–Trinajstić information content (AvgIpc) is 2.74. The molecule has 0 spiro atoms. The Labute approximate surface area is 165 Å². The minimum atomic E-state index is -0.0868. The number of benzene rings is 2. The Morgan fingerprint density at radius 2 is 1.68 bits per heavy atom. The third-order valence-electron chi connectivity index (χ3n) is 5.07. The van der Waals surface area contributed by atoms with E-state index in [9.17, 15) is 9.59 Å². The molecule has 0 saturated carbocycles. The largest absolute Gasteiger partial charge is 0.497 e. The van der Waals surface area contributed by atoms with Crippen molar-refractivity contribution in [2.75, 3.05) is 32.6 Å². The number of amides is 2. The van der Waals surface area contributed by atoms with Crippen molar-refractivity contribution in [3.63, 3.8) is 0 Å². The van der Waals surface area contributed by atoms with Gasteiger partial charge in [-0.05, 0) is 42.7 Å². The van der Waals surface area contributed by atoms with Gasteiger partial charge in [-0.25, -0.2) is 0 Å². The van der Waals surface area contributed by atoms with E-state index < -0.39 is 0 Å². The molecule has 1 aliphatic rings. The topological polar surface area (TPSA) is 67.9 Å². The highest BCUT2D eigenvalue weighted by Gasteiger charge is 2.27. The van der Waals surface area contributed by atoms with Crippen LogP contribution >= 0.6 is 0 Å². The summed E-state index contributed by atoms with van der Waals surface area (Å²) in [6.07, 6.45) is 1.71. The number of methoxy groups -OCH3 is 2. The summed E-state index contributed by atoms with van der Waals surface area (Å²) in [5.41, 5.74) is 1.69. The van der Waals surface area contributed by atoms with Crippen LogP contribution in [0.3, 0.4) is 0 Å². The van der Waals surface area contributed by atoms with E-state index in [1.807, 2.05) is 47.4 Å². The summed E-state index contributed by atoms with van der Waals surface area (Å²) >= 11 is 0. The van der Waals surface area contributed by atoms with Gasteiger partial charge in [0.05, 0.1) is 20.6 Å². The molecular formula is C22H26N2O4. The van der Waals surface area contributed by atoms with Crippen LogP contribution in [0.1, 0.15) is 18.4 Å². The molecule has 0 bridgehead atoms. The molecular weight excluding hydrogens is 356 g/mol. The number of carbonyl (C=O) groups is 2. The molecule has 0 aliphatic carbocycles. The fourth-order valence-electron chi connectivity index (χ4n) is 3.37. The van der Waals surface area contributed by atoms with Gasteiger partial charge in [-0.2, -0.15) is 0 Å². The van der Waals surface area contributed by atoms with Crippen LogP contribution in [0.15, 0.2) is 48.5 Å². The number of hydrogen-bond donors (Lipinski definition) is 1. The Morgan fingerprint density at radius 1 is 1.00 bits per heavy atom. The highest BCUT2D eigenvalue weighted by molar-refractivity contribution is 5.93. The van der Waals surface area contributed by atoms with Gasteiger partial charge >= 0.3 is 0 Å².